The number of rotatable bonds is 8. The van der Waals surface area contributed by atoms with Crippen molar-refractivity contribution in [2.45, 2.75) is 46.1 Å². The smallest absolute Gasteiger partial charge is 0.326 e. The van der Waals surface area contributed by atoms with Crippen molar-refractivity contribution in [1.82, 2.24) is 10.6 Å². The summed E-state index contributed by atoms with van der Waals surface area (Å²) >= 11 is 0. The van der Waals surface area contributed by atoms with Crippen molar-refractivity contribution in [2.75, 3.05) is 19.8 Å². The molecule has 1 unspecified atom stereocenters. The molecule has 132 valence electrons. The fourth-order valence-corrected chi connectivity index (χ4v) is 2.70. The van der Waals surface area contributed by atoms with Crippen LogP contribution in [0.3, 0.4) is 0 Å². The molecule has 0 aromatic carbocycles. The Labute approximate surface area is 137 Å². The Kier molecular flexibility index (Phi) is 8.02. The van der Waals surface area contributed by atoms with Crippen LogP contribution in [0, 0.1) is 17.8 Å². The number of ether oxygens (including phenoxy) is 1. The number of nitrogens with one attached hydrogen (secondary N) is 2. The van der Waals surface area contributed by atoms with Crippen LogP contribution in [0.2, 0.25) is 0 Å². The number of carboxylic acids is 1. The van der Waals surface area contributed by atoms with Gasteiger partial charge in [-0.05, 0) is 31.1 Å². The molecule has 2 amide bonds. The van der Waals surface area contributed by atoms with E-state index in [1.807, 2.05) is 20.8 Å². The van der Waals surface area contributed by atoms with Crippen molar-refractivity contribution < 1.29 is 24.2 Å². The molecule has 0 aromatic heterocycles. The molecule has 3 N–H and O–H groups in total. The molecule has 1 aliphatic heterocycles. The summed E-state index contributed by atoms with van der Waals surface area (Å²) in [5, 5.41) is 14.1. The summed E-state index contributed by atoms with van der Waals surface area (Å²) in [6, 6.07) is -0.924. The maximum absolute atomic E-state index is 12.1. The second-order valence-electron chi connectivity index (χ2n) is 6.54. The molecular formula is C16H28N2O5. The first-order valence-electron chi connectivity index (χ1n) is 8.18. The zero-order chi connectivity index (χ0) is 17.4. The standard InChI is InChI=1S/C16H28N2O5/c1-10(2)8-13(16(21)22)18-14(19)9-17-15(20)11(3)12-4-6-23-7-5-12/h10-13H,4-9H2,1-3H3,(H,17,20)(H,18,19)(H,21,22)/t11?,13-/m0/s1. The summed E-state index contributed by atoms with van der Waals surface area (Å²) in [6.45, 7) is 6.76. The van der Waals surface area contributed by atoms with Crippen molar-refractivity contribution in [3.63, 3.8) is 0 Å². The van der Waals surface area contributed by atoms with Gasteiger partial charge in [-0.1, -0.05) is 20.8 Å². The van der Waals surface area contributed by atoms with Crippen LogP contribution in [0.15, 0.2) is 0 Å². The second kappa shape index (κ2) is 9.50. The molecule has 0 radical (unpaired) electrons. The van der Waals surface area contributed by atoms with E-state index in [4.69, 9.17) is 9.84 Å². The molecule has 2 atom stereocenters. The molecule has 0 aromatic rings. The van der Waals surface area contributed by atoms with Crippen LogP contribution < -0.4 is 10.6 Å². The highest BCUT2D eigenvalue weighted by Crippen LogP contribution is 2.23. The lowest BCUT2D eigenvalue weighted by atomic mass is 9.87. The quantitative estimate of drug-likeness (QED) is 0.611. The van der Waals surface area contributed by atoms with Gasteiger partial charge in [-0.25, -0.2) is 4.79 Å². The van der Waals surface area contributed by atoms with E-state index in [2.05, 4.69) is 10.6 Å². The highest BCUT2D eigenvalue weighted by molar-refractivity contribution is 5.88. The third kappa shape index (κ3) is 6.99. The van der Waals surface area contributed by atoms with Gasteiger partial charge in [-0.15, -0.1) is 0 Å². The van der Waals surface area contributed by atoms with Crippen molar-refractivity contribution in [3.8, 4) is 0 Å². The van der Waals surface area contributed by atoms with Gasteiger partial charge in [-0.2, -0.15) is 0 Å². The van der Waals surface area contributed by atoms with Gasteiger partial charge in [0.25, 0.3) is 0 Å². The van der Waals surface area contributed by atoms with Crippen LogP contribution in [0.5, 0.6) is 0 Å². The number of carboxylic acid groups (broad SMARTS) is 1. The number of amides is 2. The predicted molar refractivity (Wildman–Crippen MR) is 84.7 cm³/mol. The fraction of sp³-hybridized carbons (Fsp3) is 0.812. The van der Waals surface area contributed by atoms with E-state index in [-0.39, 0.29) is 30.2 Å². The zero-order valence-corrected chi connectivity index (χ0v) is 14.1. The molecule has 1 fully saturated rings. The largest absolute Gasteiger partial charge is 0.480 e. The van der Waals surface area contributed by atoms with E-state index < -0.39 is 17.9 Å². The van der Waals surface area contributed by atoms with Gasteiger partial charge >= 0.3 is 5.97 Å². The summed E-state index contributed by atoms with van der Waals surface area (Å²) in [5.74, 6) is -1.49. The van der Waals surface area contributed by atoms with E-state index in [9.17, 15) is 14.4 Å². The lowest BCUT2D eigenvalue weighted by molar-refractivity contribution is -0.142. The highest BCUT2D eigenvalue weighted by atomic mass is 16.5. The van der Waals surface area contributed by atoms with E-state index in [0.717, 1.165) is 12.8 Å². The van der Waals surface area contributed by atoms with Gasteiger partial charge in [0.05, 0.1) is 6.54 Å². The van der Waals surface area contributed by atoms with Crippen molar-refractivity contribution in [1.29, 1.82) is 0 Å². The Morgan fingerprint density at radius 1 is 1.17 bits per heavy atom. The van der Waals surface area contributed by atoms with E-state index in [0.29, 0.717) is 19.6 Å². The van der Waals surface area contributed by atoms with Crippen LogP contribution in [0.4, 0.5) is 0 Å². The molecule has 7 heteroatoms. The summed E-state index contributed by atoms with van der Waals surface area (Å²) in [5.41, 5.74) is 0. The molecule has 0 spiro atoms. The zero-order valence-electron chi connectivity index (χ0n) is 14.1. The lowest BCUT2D eigenvalue weighted by Crippen LogP contribution is -2.47. The Morgan fingerprint density at radius 3 is 2.30 bits per heavy atom. The van der Waals surface area contributed by atoms with Gasteiger partial charge < -0.3 is 20.5 Å². The third-order valence-corrected chi connectivity index (χ3v) is 4.15. The Morgan fingerprint density at radius 2 is 1.78 bits per heavy atom. The molecule has 1 heterocycles. The average molecular weight is 328 g/mol. The van der Waals surface area contributed by atoms with E-state index in [1.54, 1.807) is 0 Å². The number of hydrogen-bond donors (Lipinski definition) is 3. The van der Waals surface area contributed by atoms with Crippen molar-refractivity contribution in [2.24, 2.45) is 17.8 Å². The molecule has 0 bridgehead atoms. The SMILES string of the molecule is CC(C)C[C@H](NC(=O)CNC(=O)C(C)C1CCOCC1)C(=O)O. The molecular weight excluding hydrogens is 300 g/mol. The van der Waals surface area contributed by atoms with Crippen LogP contribution >= 0.6 is 0 Å². The molecule has 1 saturated heterocycles. The first-order valence-corrected chi connectivity index (χ1v) is 8.18. The normalized spacial score (nSPS) is 18.3. The number of carbonyl (C=O) groups excluding carboxylic acids is 2. The Hall–Kier alpha value is -1.63. The number of aliphatic carboxylic acids is 1. The van der Waals surface area contributed by atoms with Crippen LogP contribution in [-0.2, 0) is 19.1 Å². The van der Waals surface area contributed by atoms with E-state index in [1.165, 1.54) is 0 Å². The summed E-state index contributed by atoms with van der Waals surface area (Å²) in [7, 11) is 0. The average Bonchev–Trinajstić information content (AvgIpc) is 2.51. The van der Waals surface area contributed by atoms with Gasteiger partial charge in [0.1, 0.15) is 6.04 Å². The van der Waals surface area contributed by atoms with Crippen LogP contribution in [-0.4, -0.2) is 48.7 Å². The fourth-order valence-electron chi connectivity index (χ4n) is 2.70. The first kappa shape index (κ1) is 19.4. The maximum atomic E-state index is 12.1. The first-order chi connectivity index (χ1) is 10.8. The van der Waals surface area contributed by atoms with E-state index >= 15 is 0 Å². The van der Waals surface area contributed by atoms with Gasteiger partial charge in [-0.3, -0.25) is 9.59 Å². The van der Waals surface area contributed by atoms with Gasteiger partial charge in [0, 0.05) is 19.1 Å². The minimum atomic E-state index is -1.06. The summed E-state index contributed by atoms with van der Waals surface area (Å²) < 4.78 is 5.27. The third-order valence-electron chi connectivity index (χ3n) is 4.15. The number of hydrogen-bond acceptors (Lipinski definition) is 4. The minimum Gasteiger partial charge on any atom is -0.480 e. The highest BCUT2D eigenvalue weighted by Gasteiger charge is 2.26. The maximum Gasteiger partial charge on any atom is 0.326 e. The molecule has 7 nitrogen and oxygen atoms in total. The Bertz CT molecular complexity index is 419. The van der Waals surface area contributed by atoms with Crippen molar-refractivity contribution >= 4 is 17.8 Å². The molecule has 0 saturated carbocycles. The minimum absolute atomic E-state index is 0.152. The molecule has 0 aliphatic carbocycles. The lowest BCUT2D eigenvalue weighted by Gasteiger charge is -2.27. The van der Waals surface area contributed by atoms with Gasteiger partial charge in [0.2, 0.25) is 11.8 Å². The second-order valence-corrected chi connectivity index (χ2v) is 6.54. The van der Waals surface area contributed by atoms with Crippen LogP contribution in [0.1, 0.15) is 40.0 Å². The van der Waals surface area contributed by atoms with Crippen LogP contribution in [0.25, 0.3) is 0 Å². The molecule has 23 heavy (non-hydrogen) atoms. The molecule has 1 aliphatic rings. The topological polar surface area (TPSA) is 105 Å². The monoisotopic (exact) mass is 328 g/mol. The van der Waals surface area contributed by atoms with Crippen molar-refractivity contribution in [3.05, 3.63) is 0 Å². The summed E-state index contributed by atoms with van der Waals surface area (Å²) in [4.78, 5) is 35.0. The summed E-state index contributed by atoms with van der Waals surface area (Å²) in [6.07, 6.45) is 2.04. The Balaban J connectivity index is 2.38. The predicted octanol–water partition coefficient (Wildman–Crippen LogP) is 0.781. The molecule has 1 rings (SSSR count). The number of carbonyl (C=O) groups is 3. The van der Waals surface area contributed by atoms with Gasteiger partial charge in [0.15, 0.2) is 0 Å².